The molecule has 0 aliphatic rings. The van der Waals surface area contributed by atoms with E-state index in [2.05, 4.69) is 176 Å². The average molecular weight is 1050 g/mol. The smallest absolute Gasteiger partial charge is 0.167 e. The molecule has 0 saturated carbocycles. The SMILES string of the molecule is c1ccc(-c2nc(-c3ccccc3)nc(-c3c(-c4ccccn4)c(-n4c5ccccc5c5ncccc54)c(-n4c5ccccc5c5ncccc54)c(-n4c5ccccc5c5ncccc54)c3-n3c4ccccc4c4ncccc43)n2)cc1. The van der Waals surface area contributed by atoms with Crippen LogP contribution in [0.15, 0.2) is 255 Å². The molecule has 17 aromatic rings. The third-order valence-electron chi connectivity index (χ3n) is 15.8. The minimum absolute atomic E-state index is 0.425. The number of pyridine rings is 5. The highest BCUT2D eigenvalue weighted by Gasteiger charge is 2.37. The van der Waals surface area contributed by atoms with Crippen LogP contribution in [-0.2, 0) is 0 Å². The van der Waals surface area contributed by atoms with Crippen molar-refractivity contribution in [3.63, 3.8) is 0 Å². The molecule has 382 valence electrons. The molecule has 0 radical (unpaired) electrons. The molecule has 0 fully saturated rings. The van der Waals surface area contributed by atoms with Gasteiger partial charge in [0.2, 0.25) is 0 Å². The van der Waals surface area contributed by atoms with Gasteiger partial charge >= 0.3 is 0 Å². The second-order valence-electron chi connectivity index (χ2n) is 20.3. The van der Waals surface area contributed by atoms with E-state index in [0.29, 0.717) is 28.7 Å². The van der Waals surface area contributed by atoms with Crippen LogP contribution in [0.5, 0.6) is 0 Å². The molecule has 0 N–H and O–H groups in total. The van der Waals surface area contributed by atoms with Gasteiger partial charge in [0.25, 0.3) is 0 Å². The standard InChI is InChI=1S/C70H42N12/c1-3-21-43(22-4-1)68-76-69(44-23-5-2-6-24-44)78-70(77-68)59-58(49-29-15-16-38-71-49)64(79-50-30-11-7-25-45(50)60-54(79)34-17-39-72-60)66(81-52-32-13-9-27-47(52)62-56(81)36-19-41-74-62)67(82-53-33-14-10-28-48(53)63-57(82)37-20-42-75-63)65(59)80-51-31-12-8-26-46(51)61-55(80)35-18-40-73-61/h1-42H. The van der Waals surface area contributed by atoms with Crippen molar-refractivity contribution in [1.82, 2.24) is 58.1 Å². The van der Waals surface area contributed by atoms with Crippen molar-refractivity contribution in [1.29, 1.82) is 0 Å². The van der Waals surface area contributed by atoms with Crippen molar-refractivity contribution in [2.45, 2.75) is 0 Å². The summed E-state index contributed by atoms with van der Waals surface area (Å²) in [4.78, 5) is 43.1. The maximum absolute atomic E-state index is 5.76. The first kappa shape index (κ1) is 45.5. The van der Waals surface area contributed by atoms with E-state index in [1.165, 1.54) is 0 Å². The predicted octanol–water partition coefficient (Wildman–Crippen LogP) is 15.9. The van der Waals surface area contributed by atoms with E-state index in [1.807, 2.05) is 97.7 Å². The molecule has 12 nitrogen and oxygen atoms in total. The third-order valence-corrected chi connectivity index (χ3v) is 15.8. The number of rotatable bonds is 8. The van der Waals surface area contributed by atoms with Crippen molar-refractivity contribution >= 4 is 87.7 Å². The second-order valence-corrected chi connectivity index (χ2v) is 20.3. The predicted molar refractivity (Wildman–Crippen MR) is 328 cm³/mol. The Morgan fingerprint density at radius 2 is 0.524 bits per heavy atom. The van der Waals surface area contributed by atoms with E-state index in [0.717, 1.165) is 127 Å². The highest BCUT2D eigenvalue weighted by molar-refractivity contribution is 6.16. The molecule has 0 unspecified atom stereocenters. The highest BCUT2D eigenvalue weighted by Crippen LogP contribution is 2.53. The first-order valence-electron chi connectivity index (χ1n) is 27.2. The summed E-state index contributed by atoms with van der Waals surface area (Å²) in [5, 5.41) is 3.94. The van der Waals surface area contributed by atoms with E-state index in [-0.39, 0.29) is 0 Å². The Kier molecular flexibility index (Phi) is 10.0. The molecular formula is C70H42N12. The van der Waals surface area contributed by atoms with Gasteiger partial charge in [-0.25, -0.2) is 15.0 Å². The summed E-state index contributed by atoms with van der Waals surface area (Å²) in [6.07, 6.45) is 9.38. The van der Waals surface area contributed by atoms with Crippen LogP contribution < -0.4 is 0 Å². The van der Waals surface area contributed by atoms with Gasteiger partial charge < -0.3 is 18.3 Å². The van der Waals surface area contributed by atoms with Gasteiger partial charge in [0, 0.05) is 69.2 Å². The lowest BCUT2D eigenvalue weighted by Crippen LogP contribution is -2.17. The van der Waals surface area contributed by atoms with Crippen LogP contribution in [0.4, 0.5) is 0 Å². The van der Waals surface area contributed by atoms with Crippen LogP contribution in [0, 0.1) is 0 Å². The zero-order valence-electron chi connectivity index (χ0n) is 43.6. The van der Waals surface area contributed by atoms with Crippen LogP contribution in [0.1, 0.15) is 0 Å². The van der Waals surface area contributed by atoms with Crippen molar-refractivity contribution in [2.75, 3.05) is 0 Å². The summed E-state index contributed by atoms with van der Waals surface area (Å²) in [5.41, 5.74) is 17.7. The lowest BCUT2D eigenvalue weighted by Gasteiger charge is -2.30. The first-order chi connectivity index (χ1) is 40.8. The van der Waals surface area contributed by atoms with Gasteiger partial charge in [-0.05, 0) is 84.9 Å². The van der Waals surface area contributed by atoms with Crippen LogP contribution in [0.25, 0.3) is 156 Å². The second kappa shape index (κ2) is 18.0. The van der Waals surface area contributed by atoms with Gasteiger partial charge in [-0.1, -0.05) is 140 Å². The molecule has 0 aliphatic heterocycles. The Labute approximate surface area is 467 Å². The van der Waals surface area contributed by atoms with Crippen LogP contribution in [-0.4, -0.2) is 58.1 Å². The van der Waals surface area contributed by atoms with Crippen LogP contribution in [0.2, 0.25) is 0 Å². The number of hydrogen-bond donors (Lipinski definition) is 0. The highest BCUT2D eigenvalue weighted by atomic mass is 15.2. The fourth-order valence-electron chi connectivity index (χ4n) is 12.6. The van der Waals surface area contributed by atoms with Gasteiger partial charge in [0.05, 0.1) is 100 Å². The zero-order valence-corrected chi connectivity index (χ0v) is 43.6. The van der Waals surface area contributed by atoms with Gasteiger partial charge in [0.1, 0.15) is 0 Å². The van der Waals surface area contributed by atoms with Gasteiger partial charge in [-0.3, -0.25) is 24.9 Å². The number of fused-ring (bicyclic) bond motifs is 12. The fourth-order valence-corrected chi connectivity index (χ4v) is 12.6. The molecule has 82 heavy (non-hydrogen) atoms. The average Bonchev–Trinajstić information content (AvgIpc) is 2.35. The van der Waals surface area contributed by atoms with Crippen molar-refractivity contribution in [3.05, 3.63) is 255 Å². The van der Waals surface area contributed by atoms with Crippen molar-refractivity contribution in [2.24, 2.45) is 0 Å². The molecule has 0 bridgehead atoms. The van der Waals surface area contributed by atoms with Gasteiger partial charge in [-0.2, -0.15) is 0 Å². The summed E-state index contributed by atoms with van der Waals surface area (Å²) in [6, 6.07) is 77.5. The normalized spacial score (nSPS) is 11.9. The molecule has 7 aromatic carbocycles. The number of aromatic nitrogens is 12. The number of nitrogens with zero attached hydrogens (tertiary/aromatic N) is 12. The quantitative estimate of drug-likeness (QED) is 0.147. The first-order valence-corrected chi connectivity index (χ1v) is 27.2. The molecule has 0 amide bonds. The molecule has 17 rings (SSSR count). The summed E-state index contributed by atoms with van der Waals surface area (Å²) in [7, 11) is 0. The number of benzene rings is 7. The Bertz CT molecular complexity index is 5140. The van der Waals surface area contributed by atoms with E-state index in [1.54, 1.807) is 0 Å². The Balaban J connectivity index is 1.26. The largest absolute Gasteiger partial charge is 0.305 e. The topological polar surface area (TPSA) is 123 Å². The van der Waals surface area contributed by atoms with Crippen LogP contribution in [0.3, 0.4) is 0 Å². The van der Waals surface area contributed by atoms with Gasteiger partial charge in [0.15, 0.2) is 17.5 Å². The van der Waals surface area contributed by atoms with Crippen LogP contribution >= 0.6 is 0 Å². The summed E-state index contributed by atoms with van der Waals surface area (Å²) < 4.78 is 9.60. The molecule has 0 spiro atoms. The van der Waals surface area contributed by atoms with Crippen molar-refractivity contribution < 1.29 is 0 Å². The summed E-state index contributed by atoms with van der Waals surface area (Å²) >= 11 is 0. The lowest BCUT2D eigenvalue weighted by molar-refractivity contribution is 1.01. The number of para-hydroxylation sites is 4. The van der Waals surface area contributed by atoms with E-state index >= 15 is 0 Å². The molecule has 0 atom stereocenters. The molecule has 0 aliphatic carbocycles. The van der Waals surface area contributed by atoms with E-state index in [9.17, 15) is 0 Å². The minimum Gasteiger partial charge on any atom is -0.305 e. The molecule has 10 heterocycles. The maximum atomic E-state index is 5.76. The zero-order chi connectivity index (χ0) is 53.8. The summed E-state index contributed by atoms with van der Waals surface area (Å²) in [6.45, 7) is 0. The number of hydrogen-bond acceptors (Lipinski definition) is 8. The molecule has 10 aromatic heterocycles. The minimum atomic E-state index is 0.425. The Hall–Kier alpha value is -11.5. The molecule has 12 heteroatoms. The lowest BCUT2D eigenvalue weighted by atomic mass is 9.93. The Morgan fingerprint density at radius 3 is 0.902 bits per heavy atom. The summed E-state index contributed by atoms with van der Waals surface area (Å²) in [5.74, 6) is 1.44. The molecule has 0 saturated heterocycles. The van der Waals surface area contributed by atoms with E-state index < -0.39 is 0 Å². The maximum Gasteiger partial charge on any atom is 0.167 e. The third kappa shape index (κ3) is 6.66. The van der Waals surface area contributed by atoms with E-state index in [4.69, 9.17) is 39.9 Å². The molecular weight excluding hydrogens is 1010 g/mol. The Morgan fingerprint density at radius 1 is 0.220 bits per heavy atom. The van der Waals surface area contributed by atoms with Gasteiger partial charge in [-0.15, -0.1) is 0 Å². The monoisotopic (exact) mass is 1050 g/mol. The fraction of sp³-hybridized carbons (Fsp3) is 0. The van der Waals surface area contributed by atoms with Crippen molar-refractivity contribution in [3.8, 4) is 68.2 Å².